The van der Waals surface area contributed by atoms with E-state index in [1.165, 1.54) is 24.3 Å². The summed E-state index contributed by atoms with van der Waals surface area (Å²) < 4.78 is 13.2. The lowest BCUT2D eigenvalue weighted by atomic mass is 10.1. The van der Waals surface area contributed by atoms with Crippen LogP contribution in [0.5, 0.6) is 17.2 Å². The van der Waals surface area contributed by atoms with Crippen LogP contribution in [0, 0.1) is 0 Å². The van der Waals surface area contributed by atoms with E-state index >= 15 is 0 Å². The second kappa shape index (κ2) is 10.6. The van der Waals surface area contributed by atoms with Gasteiger partial charge in [-0.2, -0.15) is 5.10 Å². The van der Waals surface area contributed by atoms with E-state index < -0.39 is 12.0 Å². The third-order valence-electron chi connectivity index (χ3n) is 5.31. The summed E-state index contributed by atoms with van der Waals surface area (Å²) >= 11 is 12.8. The third kappa shape index (κ3) is 5.87. The number of nitrogens with zero attached hydrogens (tertiary/aromatic N) is 3. The highest BCUT2D eigenvalue weighted by Crippen LogP contribution is 2.37. The highest BCUT2D eigenvalue weighted by atomic mass is 35.5. The van der Waals surface area contributed by atoms with E-state index in [4.69, 9.17) is 32.7 Å². The number of carbonyl (C=O) groups excluding carboxylic acids is 2. The molecular weight excluding hydrogens is 495 g/mol. The molecular formula is C24H24Cl2N4O5. The number of aliphatic hydroxyl groups is 1. The van der Waals surface area contributed by atoms with Gasteiger partial charge in [0.15, 0.2) is 5.82 Å². The molecule has 1 atom stereocenters. The predicted octanol–water partition coefficient (Wildman–Crippen LogP) is 4.38. The molecule has 184 valence electrons. The Balaban J connectivity index is 1.62. The maximum Gasteiger partial charge on any atom is 0.257 e. The van der Waals surface area contributed by atoms with Gasteiger partial charge in [0.2, 0.25) is 0 Å². The van der Waals surface area contributed by atoms with Gasteiger partial charge in [0.05, 0.1) is 22.2 Å². The zero-order chi connectivity index (χ0) is 25.1. The predicted molar refractivity (Wildman–Crippen MR) is 132 cm³/mol. The second-order valence-corrected chi connectivity index (χ2v) is 8.96. The number of ether oxygens (including phenoxy) is 2. The van der Waals surface area contributed by atoms with Crippen LogP contribution in [0.4, 0.5) is 5.82 Å². The van der Waals surface area contributed by atoms with Crippen molar-refractivity contribution in [2.45, 2.75) is 19.4 Å². The molecule has 1 aromatic heterocycles. The van der Waals surface area contributed by atoms with Gasteiger partial charge in [-0.1, -0.05) is 23.2 Å². The molecule has 2 aromatic carbocycles. The van der Waals surface area contributed by atoms with Crippen LogP contribution >= 0.6 is 23.2 Å². The highest BCUT2D eigenvalue weighted by Gasteiger charge is 2.25. The molecule has 2 heterocycles. The fourth-order valence-corrected chi connectivity index (χ4v) is 3.79. The first kappa shape index (κ1) is 24.8. The van der Waals surface area contributed by atoms with Crippen molar-refractivity contribution in [1.29, 1.82) is 0 Å². The number of anilines is 1. The Kier molecular flexibility index (Phi) is 7.49. The van der Waals surface area contributed by atoms with Gasteiger partial charge in [0.1, 0.15) is 23.4 Å². The van der Waals surface area contributed by atoms with Crippen LogP contribution in [0.3, 0.4) is 0 Å². The van der Waals surface area contributed by atoms with Crippen molar-refractivity contribution in [2.75, 3.05) is 25.0 Å². The van der Waals surface area contributed by atoms with Crippen LogP contribution in [0.1, 0.15) is 34.1 Å². The molecule has 0 bridgehead atoms. The standard InChI is InChI=1S/C24H24Cl2N4O5/c1-14(13-31)34-16-8-15(23(32)27-22-4-7-29(2)28-22)9-17(10-16)35-21-12-19(25)18(11-20(21)26)24(33)30-5-3-6-30/h4,7-12,14,31H,3,5-6,13H2,1-2H3,(H,27,28,32)/t14-/m0/s1. The number of hydrogen-bond donors (Lipinski definition) is 2. The van der Waals surface area contributed by atoms with Gasteiger partial charge in [0, 0.05) is 50.1 Å². The maximum atomic E-state index is 12.9. The van der Waals surface area contributed by atoms with Gasteiger partial charge in [-0.15, -0.1) is 0 Å². The van der Waals surface area contributed by atoms with Gasteiger partial charge >= 0.3 is 0 Å². The van der Waals surface area contributed by atoms with Gasteiger partial charge in [-0.25, -0.2) is 0 Å². The summed E-state index contributed by atoms with van der Waals surface area (Å²) in [6.07, 6.45) is 2.15. The van der Waals surface area contributed by atoms with Crippen LogP contribution < -0.4 is 14.8 Å². The molecule has 1 aliphatic rings. The lowest BCUT2D eigenvalue weighted by Crippen LogP contribution is -2.42. The van der Waals surface area contributed by atoms with Crippen LogP contribution in [-0.2, 0) is 7.05 Å². The third-order valence-corrected chi connectivity index (χ3v) is 5.92. The van der Waals surface area contributed by atoms with E-state index in [2.05, 4.69) is 10.4 Å². The number of aliphatic hydroxyl groups excluding tert-OH is 1. The minimum absolute atomic E-state index is 0.184. The van der Waals surface area contributed by atoms with E-state index in [1.54, 1.807) is 41.9 Å². The van der Waals surface area contributed by atoms with Crippen molar-refractivity contribution in [2.24, 2.45) is 7.05 Å². The lowest BCUT2D eigenvalue weighted by Gasteiger charge is -2.31. The molecule has 0 aliphatic carbocycles. The average Bonchev–Trinajstić information content (AvgIpc) is 3.18. The molecule has 1 fully saturated rings. The van der Waals surface area contributed by atoms with Crippen molar-refractivity contribution in [3.63, 3.8) is 0 Å². The molecule has 0 unspecified atom stereocenters. The molecule has 4 rings (SSSR count). The molecule has 1 aliphatic heterocycles. The van der Waals surface area contributed by atoms with Gasteiger partial charge < -0.3 is 24.8 Å². The fourth-order valence-electron chi connectivity index (χ4n) is 3.36. The Labute approximate surface area is 212 Å². The number of nitrogens with one attached hydrogen (secondary N) is 1. The molecule has 11 heteroatoms. The largest absolute Gasteiger partial charge is 0.488 e. The summed E-state index contributed by atoms with van der Waals surface area (Å²) in [5, 5.41) is 16.6. The van der Waals surface area contributed by atoms with Crippen LogP contribution in [0.2, 0.25) is 10.0 Å². The van der Waals surface area contributed by atoms with E-state index in [1.807, 2.05) is 0 Å². The minimum Gasteiger partial charge on any atom is -0.488 e. The quantitative estimate of drug-likeness (QED) is 0.458. The SMILES string of the molecule is C[C@@H](CO)Oc1cc(Oc2cc(Cl)c(C(=O)N3CCC3)cc2Cl)cc(C(=O)Nc2ccn(C)n2)c1. The van der Waals surface area contributed by atoms with E-state index in [-0.39, 0.29) is 39.6 Å². The number of likely N-dealkylation sites (tertiary alicyclic amines) is 1. The number of halogens is 2. The van der Waals surface area contributed by atoms with Crippen molar-refractivity contribution in [1.82, 2.24) is 14.7 Å². The number of benzene rings is 2. The molecule has 1 saturated heterocycles. The number of rotatable bonds is 8. The molecule has 9 nitrogen and oxygen atoms in total. The van der Waals surface area contributed by atoms with Gasteiger partial charge in [-0.05, 0) is 31.5 Å². The van der Waals surface area contributed by atoms with Crippen molar-refractivity contribution >= 4 is 40.8 Å². The van der Waals surface area contributed by atoms with Crippen LogP contribution in [0.15, 0.2) is 42.6 Å². The molecule has 2 amide bonds. The first-order valence-corrected chi connectivity index (χ1v) is 11.7. The van der Waals surface area contributed by atoms with E-state index in [0.717, 1.165) is 6.42 Å². The molecule has 3 aromatic rings. The Morgan fingerprint density at radius 1 is 1.14 bits per heavy atom. The Morgan fingerprint density at radius 2 is 1.89 bits per heavy atom. The first-order chi connectivity index (χ1) is 16.7. The normalized spacial score (nSPS) is 13.7. The summed E-state index contributed by atoms with van der Waals surface area (Å²) in [5.74, 6) is 0.528. The van der Waals surface area contributed by atoms with Crippen molar-refractivity contribution in [3.8, 4) is 17.2 Å². The number of amides is 2. The molecule has 2 N–H and O–H groups in total. The van der Waals surface area contributed by atoms with Gasteiger partial charge in [-0.3, -0.25) is 14.3 Å². The monoisotopic (exact) mass is 518 g/mol. The van der Waals surface area contributed by atoms with E-state index in [0.29, 0.717) is 30.2 Å². The van der Waals surface area contributed by atoms with Gasteiger partial charge in [0.25, 0.3) is 11.8 Å². The number of aromatic nitrogens is 2. The smallest absolute Gasteiger partial charge is 0.257 e. The highest BCUT2D eigenvalue weighted by molar-refractivity contribution is 6.36. The topological polar surface area (TPSA) is 106 Å². The zero-order valence-electron chi connectivity index (χ0n) is 19.1. The zero-order valence-corrected chi connectivity index (χ0v) is 20.6. The van der Waals surface area contributed by atoms with Crippen molar-refractivity contribution < 1.29 is 24.2 Å². The second-order valence-electron chi connectivity index (χ2n) is 8.14. The fraction of sp³-hybridized carbons (Fsp3) is 0.292. The number of carbonyl (C=O) groups is 2. The average molecular weight is 519 g/mol. The summed E-state index contributed by atoms with van der Waals surface area (Å²) in [6, 6.07) is 9.21. The molecule has 0 radical (unpaired) electrons. The summed E-state index contributed by atoms with van der Waals surface area (Å²) in [6.45, 7) is 2.85. The molecule has 0 saturated carbocycles. The Morgan fingerprint density at radius 3 is 2.51 bits per heavy atom. The summed E-state index contributed by atoms with van der Waals surface area (Å²) in [7, 11) is 1.74. The Hall–Kier alpha value is -3.27. The minimum atomic E-state index is -0.512. The first-order valence-electron chi connectivity index (χ1n) is 10.9. The summed E-state index contributed by atoms with van der Waals surface area (Å²) in [5.41, 5.74) is 0.535. The maximum absolute atomic E-state index is 12.9. The molecule has 35 heavy (non-hydrogen) atoms. The number of hydrogen-bond acceptors (Lipinski definition) is 6. The van der Waals surface area contributed by atoms with Crippen LogP contribution in [-0.4, -0.2) is 57.4 Å². The lowest BCUT2D eigenvalue weighted by molar-refractivity contribution is 0.0652. The number of aryl methyl sites for hydroxylation is 1. The van der Waals surface area contributed by atoms with Crippen molar-refractivity contribution in [3.05, 3.63) is 63.8 Å². The van der Waals surface area contributed by atoms with Crippen LogP contribution in [0.25, 0.3) is 0 Å². The molecule has 0 spiro atoms. The summed E-state index contributed by atoms with van der Waals surface area (Å²) in [4.78, 5) is 27.1. The van der Waals surface area contributed by atoms with E-state index in [9.17, 15) is 14.7 Å². The Bertz CT molecular complexity index is 1260.